The molecular weight excluding hydrogens is 286 g/mol. The Morgan fingerprint density at radius 2 is 1.87 bits per heavy atom. The lowest BCUT2D eigenvalue weighted by atomic mass is 10.1. The highest BCUT2D eigenvalue weighted by molar-refractivity contribution is 5.74. The molecule has 1 N–H and O–H groups in total. The number of fused-ring (bicyclic) bond motifs is 1. The number of nitrogens with zero attached hydrogens (tertiary/aromatic N) is 2. The Bertz CT molecular complexity index is 750. The smallest absolute Gasteiger partial charge is 0.295 e. The first-order chi connectivity index (χ1) is 11.3. The van der Waals surface area contributed by atoms with Gasteiger partial charge in [-0.2, -0.15) is 4.98 Å². The van der Waals surface area contributed by atoms with Crippen molar-refractivity contribution >= 4 is 17.1 Å². The number of likely N-dealkylation sites (tertiary alicyclic amines) is 1. The van der Waals surface area contributed by atoms with E-state index >= 15 is 0 Å². The van der Waals surface area contributed by atoms with Crippen molar-refractivity contribution in [1.29, 1.82) is 0 Å². The van der Waals surface area contributed by atoms with Gasteiger partial charge in [0.1, 0.15) is 5.52 Å². The monoisotopic (exact) mass is 307 g/mol. The van der Waals surface area contributed by atoms with Crippen LogP contribution < -0.4 is 5.32 Å². The molecule has 1 aliphatic rings. The van der Waals surface area contributed by atoms with Gasteiger partial charge in [-0.25, -0.2) is 0 Å². The third-order valence-corrected chi connectivity index (χ3v) is 4.54. The normalized spacial score (nSPS) is 21.8. The maximum atomic E-state index is 5.79. The standard InChI is InChI=1S/C19H21N3O/c1-14-11-22(12-15-7-3-2-4-8-15)13-17(14)21-19-20-16-9-5-6-10-18(16)23-19/h2-10,14,17H,11-13H2,1H3,(H,20,21). The summed E-state index contributed by atoms with van der Waals surface area (Å²) in [5, 5.41) is 3.48. The van der Waals surface area contributed by atoms with Crippen molar-refractivity contribution in [2.24, 2.45) is 5.92 Å². The Morgan fingerprint density at radius 1 is 1.09 bits per heavy atom. The van der Waals surface area contributed by atoms with Gasteiger partial charge in [-0.1, -0.05) is 49.4 Å². The van der Waals surface area contributed by atoms with Crippen LogP contribution in [0.1, 0.15) is 12.5 Å². The summed E-state index contributed by atoms with van der Waals surface area (Å²) in [5.41, 5.74) is 3.10. The highest BCUT2D eigenvalue weighted by Gasteiger charge is 2.30. The summed E-state index contributed by atoms with van der Waals surface area (Å²) in [6.07, 6.45) is 0. The van der Waals surface area contributed by atoms with Gasteiger partial charge in [0.2, 0.25) is 0 Å². The van der Waals surface area contributed by atoms with Gasteiger partial charge >= 0.3 is 0 Å². The molecule has 4 rings (SSSR count). The lowest BCUT2D eigenvalue weighted by molar-refractivity contribution is 0.319. The molecular formula is C19H21N3O. The molecule has 1 aliphatic heterocycles. The van der Waals surface area contributed by atoms with Crippen LogP contribution in [-0.2, 0) is 6.54 Å². The van der Waals surface area contributed by atoms with Crippen molar-refractivity contribution in [2.45, 2.75) is 19.5 Å². The van der Waals surface area contributed by atoms with E-state index in [9.17, 15) is 0 Å². The van der Waals surface area contributed by atoms with E-state index in [0.717, 1.165) is 30.7 Å². The Balaban J connectivity index is 1.43. The van der Waals surface area contributed by atoms with E-state index in [1.165, 1.54) is 5.56 Å². The number of hydrogen-bond donors (Lipinski definition) is 1. The topological polar surface area (TPSA) is 41.3 Å². The molecule has 3 aromatic rings. The third-order valence-electron chi connectivity index (χ3n) is 4.54. The average Bonchev–Trinajstić information content (AvgIpc) is 3.11. The molecule has 0 saturated carbocycles. The van der Waals surface area contributed by atoms with Crippen LogP contribution in [0.25, 0.3) is 11.1 Å². The third kappa shape index (κ3) is 3.08. The molecule has 2 heterocycles. The summed E-state index contributed by atoms with van der Waals surface area (Å²) in [7, 11) is 0. The Morgan fingerprint density at radius 3 is 2.70 bits per heavy atom. The lowest BCUT2D eigenvalue weighted by Gasteiger charge is -2.16. The Kier molecular flexibility index (Phi) is 3.75. The van der Waals surface area contributed by atoms with Crippen molar-refractivity contribution < 1.29 is 4.42 Å². The predicted molar refractivity (Wildman–Crippen MR) is 92.3 cm³/mol. The summed E-state index contributed by atoms with van der Waals surface area (Å²) >= 11 is 0. The summed E-state index contributed by atoms with van der Waals surface area (Å²) in [6, 6.07) is 19.5. The van der Waals surface area contributed by atoms with Gasteiger partial charge in [0.15, 0.2) is 5.58 Å². The molecule has 1 fully saturated rings. The zero-order valence-electron chi connectivity index (χ0n) is 13.3. The maximum Gasteiger partial charge on any atom is 0.295 e. The van der Waals surface area contributed by atoms with E-state index in [1.54, 1.807) is 0 Å². The average molecular weight is 307 g/mol. The largest absolute Gasteiger partial charge is 0.424 e. The van der Waals surface area contributed by atoms with Crippen LogP contribution in [0.4, 0.5) is 6.01 Å². The number of hydrogen-bond acceptors (Lipinski definition) is 4. The van der Waals surface area contributed by atoms with Gasteiger partial charge in [0.25, 0.3) is 6.01 Å². The highest BCUT2D eigenvalue weighted by atomic mass is 16.4. The van der Waals surface area contributed by atoms with Gasteiger partial charge in [-0.05, 0) is 23.6 Å². The number of benzene rings is 2. The van der Waals surface area contributed by atoms with Crippen LogP contribution in [0.5, 0.6) is 0 Å². The van der Waals surface area contributed by atoms with Gasteiger partial charge in [0, 0.05) is 25.7 Å². The quantitative estimate of drug-likeness (QED) is 0.797. The van der Waals surface area contributed by atoms with Gasteiger partial charge in [-0.15, -0.1) is 0 Å². The first-order valence-corrected chi connectivity index (χ1v) is 8.16. The number of aromatic nitrogens is 1. The highest BCUT2D eigenvalue weighted by Crippen LogP contribution is 2.24. The number of rotatable bonds is 4. The first kappa shape index (κ1) is 14.3. The molecule has 1 saturated heterocycles. The minimum absolute atomic E-state index is 0.367. The fraction of sp³-hybridized carbons (Fsp3) is 0.316. The van der Waals surface area contributed by atoms with E-state index in [1.807, 2.05) is 24.3 Å². The van der Waals surface area contributed by atoms with Crippen LogP contribution in [-0.4, -0.2) is 29.0 Å². The van der Waals surface area contributed by atoms with Crippen molar-refractivity contribution in [2.75, 3.05) is 18.4 Å². The molecule has 1 aromatic heterocycles. The second-order valence-electron chi connectivity index (χ2n) is 6.39. The molecule has 2 atom stereocenters. The molecule has 2 aromatic carbocycles. The SMILES string of the molecule is CC1CN(Cc2ccccc2)CC1Nc1nc2ccccc2o1. The number of oxazole rings is 1. The lowest BCUT2D eigenvalue weighted by Crippen LogP contribution is -2.28. The van der Waals surface area contributed by atoms with E-state index < -0.39 is 0 Å². The fourth-order valence-electron chi connectivity index (χ4n) is 3.32. The molecule has 4 nitrogen and oxygen atoms in total. The van der Waals surface area contributed by atoms with Crippen LogP contribution in [0.3, 0.4) is 0 Å². The van der Waals surface area contributed by atoms with E-state index in [0.29, 0.717) is 18.0 Å². The van der Waals surface area contributed by atoms with Crippen molar-refractivity contribution in [3.8, 4) is 0 Å². The minimum atomic E-state index is 0.367. The van der Waals surface area contributed by atoms with E-state index in [-0.39, 0.29) is 0 Å². The Labute approximate surface area is 136 Å². The number of nitrogens with one attached hydrogen (secondary N) is 1. The summed E-state index contributed by atoms with van der Waals surface area (Å²) in [6.45, 7) is 5.38. The number of anilines is 1. The molecule has 0 aliphatic carbocycles. The fourth-order valence-corrected chi connectivity index (χ4v) is 3.32. The molecule has 118 valence electrons. The van der Waals surface area contributed by atoms with Crippen LogP contribution in [0.15, 0.2) is 59.0 Å². The summed E-state index contributed by atoms with van der Waals surface area (Å²) in [5.74, 6) is 0.564. The first-order valence-electron chi connectivity index (χ1n) is 8.16. The molecule has 0 amide bonds. The van der Waals surface area contributed by atoms with Crippen LogP contribution in [0.2, 0.25) is 0 Å². The van der Waals surface area contributed by atoms with Crippen molar-refractivity contribution in [1.82, 2.24) is 9.88 Å². The zero-order chi connectivity index (χ0) is 15.6. The molecule has 23 heavy (non-hydrogen) atoms. The van der Waals surface area contributed by atoms with E-state index in [4.69, 9.17) is 4.42 Å². The second-order valence-corrected chi connectivity index (χ2v) is 6.39. The molecule has 2 unspecified atom stereocenters. The zero-order valence-corrected chi connectivity index (χ0v) is 13.3. The Hall–Kier alpha value is -2.33. The number of para-hydroxylation sites is 2. The molecule has 0 radical (unpaired) electrons. The van der Waals surface area contributed by atoms with Crippen molar-refractivity contribution in [3.05, 3.63) is 60.2 Å². The van der Waals surface area contributed by atoms with Gasteiger partial charge < -0.3 is 9.73 Å². The summed E-state index contributed by atoms with van der Waals surface area (Å²) in [4.78, 5) is 7.01. The van der Waals surface area contributed by atoms with Gasteiger partial charge in [-0.3, -0.25) is 4.90 Å². The van der Waals surface area contributed by atoms with Crippen LogP contribution in [0, 0.1) is 5.92 Å². The second kappa shape index (κ2) is 6.05. The minimum Gasteiger partial charge on any atom is -0.424 e. The van der Waals surface area contributed by atoms with Crippen LogP contribution >= 0.6 is 0 Å². The molecule has 4 heteroatoms. The van der Waals surface area contributed by atoms with Gasteiger partial charge in [0.05, 0.1) is 0 Å². The molecule has 0 bridgehead atoms. The molecule has 0 spiro atoms. The predicted octanol–water partition coefficient (Wildman–Crippen LogP) is 3.76. The summed E-state index contributed by atoms with van der Waals surface area (Å²) < 4.78 is 5.79. The maximum absolute atomic E-state index is 5.79. The van der Waals surface area contributed by atoms with Crippen molar-refractivity contribution in [3.63, 3.8) is 0 Å². The van der Waals surface area contributed by atoms with E-state index in [2.05, 4.69) is 52.5 Å².